The van der Waals surface area contributed by atoms with Gasteiger partial charge in [-0.2, -0.15) is 0 Å². The topological polar surface area (TPSA) is 140 Å². The summed E-state index contributed by atoms with van der Waals surface area (Å²) in [6.45, 7) is 1.42. The second-order valence-corrected chi connectivity index (χ2v) is 4.38. The summed E-state index contributed by atoms with van der Waals surface area (Å²) in [6.07, 6.45) is 1.17. The van der Waals surface area contributed by atoms with Crippen LogP contribution in [-0.4, -0.2) is 31.5 Å². The van der Waals surface area contributed by atoms with Gasteiger partial charge in [-0.15, -0.1) is 0 Å². The van der Waals surface area contributed by atoms with Crippen LogP contribution in [0.25, 0.3) is 0 Å². The molecule has 2 rings (SSSR count). The summed E-state index contributed by atoms with van der Waals surface area (Å²) >= 11 is 0. The van der Waals surface area contributed by atoms with Crippen molar-refractivity contribution >= 4 is 17.7 Å². The van der Waals surface area contributed by atoms with Gasteiger partial charge < -0.3 is 25.0 Å². The minimum atomic E-state index is -1.20. The Morgan fingerprint density at radius 1 is 1.50 bits per heavy atom. The van der Waals surface area contributed by atoms with Crippen LogP contribution in [0.3, 0.4) is 0 Å². The van der Waals surface area contributed by atoms with Crippen LogP contribution in [0.15, 0.2) is 22.7 Å². The van der Waals surface area contributed by atoms with Crippen LogP contribution in [0.5, 0.6) is 0 Å². The number of aryl methyl sites for hydroxylation is 1. The molecule has 0 saturated heterocycles. The maximum Gasteiger partial charge on any atom is 0.381 e. The highest BCUT2D eigenvalue weighted by Gasteiger charge is 2.17. The van der Waals surface area contributed by atoms with Crippen LogP contribution >= 0.6 is 0 Å². The lowest BCUT2D eigenvalue weighted by atomic mass is 10.4. The molecule has 10 nitrogen and oxygen atoms in total. The minimum Gasteiger partial charge on any atom is -0.475 e. The van der Waals surface area contributed by atoms with E-state index in [-0.39, 0.29) is 24.7 Å². The highest BCUT2D eigenvalue weighted by atomic mass is 16.6. The number of nitrogens with one attached hydrogen (secondary N) is 1. The van der Waals surface area contributed by atoms with Crippen molar-refractivity contribution in [2.24, 2.45) is 0 Å². The van der Waals surface area contributed by atoms with Crippen molar-refractivity contribution in [3.05, 3.63) is 45.8 Å². The first-order valence-electron chi connectivity index (χ1n) is 6.13. The number of imidazole rings is 1. The summed E-state index contributed by atoms with van der Waals surface area (Å²) in [5.74, 6) is -1.53. The Kier molecular flexibility index (Phi) is 4.20. The molecule has 1 amide bonds. The quantitative estimate of drug-likeness (QED) is 0.591. The molecule has 116 valence electrons. The van der Waals surface area contributed by atoms with Gasteiger partial charge in [-0.25, -0.2) is 4.79 Å². The van der Waals surface area contributed by atoms with E-state index in [1.54, 1.807) is 6.92 Å². The van der Waals surface area contributed by atoms with Crippen molar-refractivity contribution in [3.8, 4) is 0 Å². The second kappa shape index (κ2) is 6.08. The molecule has 0 saturated carbocycles. The summed E-state index contributed by atoms with van der Waals surface area (Å²) in [5.41, 5.74) is 0. The average molecular weight is 308 g/mol. The first-order chi connectivity index (χ1) is 10.4. The smallest absolute Gasteiger partial charge is 0.381 e. The molecule has 0 aliphatic carbocycles. The molecule has 0 atom stereocenters. The zero-order chi connectivity index (χ0) is 16.3. The van der Waals surface area contributed by atoms with Crippen LogP contribution in [-0.2, 0) is 17.9 Å². The van der Waals surface area contributed by atoms with E-state index >= 15 is 0 Å². The van der Waals surface area contributed by atoms with Crippen molar-refractivity contribution in [1.82, 2.24) is 14.9 Å². The molecule has 0 unspecified atom stereocenters. The molecule has 0 radical (unpaired) electrons. The summed E-state index contributed by atoms with van der Waals surface area (Å²) < 4.78 is 6.33. The third-order valence-electron chi connectivity index (χ3n) is 2.80. The SMILES string of the molecule is Cc1nc([N+](=O)[O-])cn1CC(=O)NCc1ccc(C(=O)O)o1. The molecular weight excluding hydrogens is 296 g/mol. The fourth-order valence-electron chi connectivity index (χ4n) is 1.72. The highest BCUT2D eigenvalue weighted by Crippen LogP contribution is 2.10. The van der Waals surface area contributed by atoms with E-state index < -0.39 is 16.8 Å². The molecule has 0 bridgehead atoms. The number of carboxylic acids is 1. The number of furan rings is 1. The second-order valence-electron chi connectivity index (χ2n) is 4.38. The predicted molar refractivity (Wildman–Crippen MR) is 71.1 cm³/mol. The van der Waals surface area contributed by atoms with Gasteiger partial charge >= 0.3 is 11.8 Å². The molecule has 0 aliphatic rings. The van der Waals surface area contributed by atoms with Crippen molar-refractivity contribution in [2.45, 2.75) is 20.0 Å². The molecular formula is C12H12N4O6. The molecule has 22 heavy (non-hydrogen) atoms. The number of carboxylic acid groups (broad SMARTS) is 1. The maximum atomic E-state index is 11.8. The van der Waals surface area contributed by atoms with E-state index in [0.717, 1.165) is 0 Å². The molecule has 10 heteroatoms. The Balaban J connectivity index is 1.92. The Hall–Kier alpha value is -3.17. The number of hydrogen-bond acceptors (Lipinski definition) is 6. The summed E-state index contributed by atoms with van der Waals surface area (Å²) in [6, 6.07) is 2.73. The van der Waals surface area contributed by atoms with Gasteiger partial charge in [0.2, 0.25) is 17.5 Å². The molecule has 2 heterocycles. The highest BCUT2D eigenvalue weighted by molar-refractivity contribution is 5.84. The van der Waals surface area contributed by atoms with Crippen molar-refractivity contribution in [2.75, 3.05) is 0 Å². The molecule has 0 aromatic carbocycles. The lowest BCUT2D eigenvalue weighted by Crippen LogP contribution is -2.27. The van der Waals surface area contributed by atoms with Crippen molar-refractivity contribution in [1.29, 1.82) is 0 Å². The zero-order valence-corrected chi connectivity index (χ0v) is 11.5. The minimum absolute atomic E-state index is 0.0158. The average Bonchev–Trinajstić information content (AvgIpc) is 3.04. The summed E-state index contributed by atoms with van der Waals surface area (Å²) in [4.78, 5) is 36.1. The lowest BCUT2D eigenvalue weighted by molar-refractivity contribution is -0.389. The number of carbonyl (C=O) groups excluding carboxylic acids is 1. The number of carbonyl (C=O) groups is 2. The molecule has 2 N–H and O–H groups in total. The van der Waals surface area contributed by atoms with Crippen LogP contribution in [0.2, 0.25) is 0 Å². The summed E-state index contributed by atoms with van der Waals surface area (Å²) in [7, 11) is 0. The fourth-order valence-corrected chi connectivity index (χ4v) is 1.72. The van der Waals surface area contributed by atoms with Gasteiger partial charge in [0.05, 0.1) is 6.54 Å². The molecule has 0 spiro atoms. The third kappa shape index (κ3) is 3.48. The normalized spacial score (nSPS) is 10.4. The zero-order valence-electron chi connectivity index (χ0n) is 11.5. The number of nitro groups is 1. The van der Waals surface area contributed by atoms with Gasteiger partial charge in [0.15, 0.2) is 0 Å². The largest absolute Gasteiger partial charge is 0.475 e. The Morgan fingerprint density at radius 3 is 2.77 bits per heavy atom. The number of rotatable bonds is 6. The van der Waals surface area contributed by atoms with E-state index in [2.05, 4.69) is 10.3 Å². The number of aromatic carboxylic acids is 1. The van der Waals surface area contributed by atoms with Gasteiger partial charge in [-0.05, 0) is 22.0 Å². The van der Waals surface area contributed by atoms with Crippen LogP contribution < -0.4 is 5.32 Å². The predicted octanol–water partition coefficient (Wildman–Crippen LogP) is 0.707. The fraction of sp³-hybridized carbons (Fsp3) is 0.250. The van der Waals surface area contributed by atoms with E-state index in [4.69, 9.17) is 9.52 Å². The van der Waals surface area contributed by atoms with Crippen molar-refractivity contribution < 1.29 is 24.0 Å². The Labute approximate surface area is 123 Å². The van der Waals surface area contributed by atoms with E-state index in [0.29, 0.717) is 11.6 Å². The standard InChI is InChI=1S/C12H12N4O6/c1-7-14-10(16(20)21)5-15(7)6-11(17)13-4-8-2-3-9(22-8)12(18)19/h2-3,5H,4,6H2,1H3,(H,13,17)(H,18,19). The van der Waals surface area contributed by atoms with Gasteiger partial charge in [-0.3, -0.25) is 9.36 Å². The Morgan fingerprint density at radius 2 is 2.23 bits per heavy atom. The summed E-state index contributed by atoms with van der Waals surface area (Å²) in [5, 5.41) is 21.8. The van der Waals surface area contributed by atoms with Crippen LogP contribution in [0, 0.1) is 17.0 Å². The van der Waals surface area contributed by atoms with Gasteiger partial charge in [0.1, 0.15) is 18.5 Å². The van der Waals surface area contributed by atoms with E-state index in [1.807, 2.05) is 0 Å². The molecule has 0 aliphatic heterocycles. The van der Waals surface area contributed by atoms with E-state index in [1.165, 1.54) is 22.9 Å². The van der Waals surface area contributed by atoms with Crippen molar-refractivity contribution in [3.63, 3.8) is 0 Å². The van der Waals surface area contributed by atoms with Crippen LogP contribution in [0.4, 0.5) is 5.82 Å². The van der Waals surface area contributed by atoms with Crippen LogP contribution in [0.1, 0.15) is 22.1 Å². The number of aromatic nitrogens is 2. The monoisotopic (exact) mass is 308 g/mol. The lowest BCUT2D eigenvalue weighted by Gasteiger charge is -2.04. The number of nitrogens with zero attached hydrogens (tertiary/aromatic N) is 3. The van der Waals surface area contributed by atoms with Gasteiger partial charge in [0.25, 0.3) is 0 Å². The number of amides is 1. The first kappa shape index (κ1) is 15.2. The molecule has 2 aromatic heterocycles. The van der Waals surface area contributed by atoms with Gasteiger partial charge in [0, 0.05) is 6.92 Å². The molecule has 0 fully saturated rings. The number of hydrogen-bond donors (Lipinski definition) is 2. The first-order valence-corrected chi connectivity index (χ1v) is 6.13. The Bertz CT molecular complexity index is 732. The molecule has 2 aromatic rings. The van der Waals surface area contributed by atoms with E-state index in [9.17, 15) is 19.7 Å². The van der Waals surface area contributed by atoms with Gasteiger partial charge in [-0.1, -0.05) is 0 Å². The third-order valence-corrected chi connectivity index (χ3v) is 2.80. The maximum absolute atomic E-state index is 11.8.